The van der Waals surface area contributed by atoms with Crippen molar-refractivity contribution in [1.29, 1.82) is 0 Å². The number of carbonyl (C=O) groups is 1. The van der Waals surface area contributed by atoms with Crippen molar-refractivity contribution < 1.29 is 22.7 Å². The summed E-state index contributed by atoms with van der Waals surface area (Å²) in [5, 5.41) is 7.42. The second-order valence-corrected chi connectivity index (χ2v) is 11.8. The average molecular weight is 519 g/mol. The van der Waals surface area contributed by atoms with Crippen molar-refractivity contribution in [2.45, 2.75) is 31.1 Å². The van der Waals surface area contributed by atoms with Crippen molar-refractivity contribution in [3.63, 3.8) is 0 Å². The SMILES string of the molecule is COc1ccc(C(C)(C)C)cc1NC(=O)Nc1ccc(Oc2ccc(S(C)(=O)=O)cc2)c2ccccc12. The van der Waals surface area contributed by atoms with Crippen LogP contribution in [-0.2, 0) is 15.3 Å². The Hall–Kier alpha value is -4.04. The lowest BCUT2D eigenvalue weighted by Gasteiger charge is -2.21. The zero-order valence-electron chi connectivity index (χ0n) is 21.5. The molecular weight excluding hydrogens is 488 g/mol. The highest BCUT2D eigenvalue weighted by Gasteiger charge is 2.18. The van der Waals surface area contributed by atoms with Gasteiger partial charge in [0.05, 0.1) is 23.4 Å². The second kappa shape index (κ2) is 10.1. The van der Waals surface area contributed by atoms with Crippen molar-refractivity contribution in [2.75, 3.05) is 24.0 Å². The molecule has 37 heavy (non-hydrogen) atoms. The Morgan fingerprint density at radius 1 is 0.784 bits per heavy atom. The monoisotopic (exact) mass is 518 g/mol. The van der Waals surface area contributed by atoms with Crippen LogP contribution in [0.25, 0.3) is 10.8 Å². The molecule has 0 aliphatic heterocycles. The number of anilines is 2. The number of hydrogen-bond acceptors (Lipinski definition) is 5. The van der Waals surface area contributed by atoms with E-state index in [1.54, 1.807) is 31.4 Å². The van der Waals surface area contributed by atoms with Gasteiger partial charge in [0.2, 0.25) is 0 Å². The Balaban J connectivity index is 1.58. The molecule has 0 fully saturated rings. The molecule has 192 valence electrons. The van der Waals surface area contributed by atoms with Crippen LogP contribution in [0, 0.1) is 0 Å². The first-order chi connectivity index (χ1) is 17.5. The predicted molar refractivity (Wildman–Crippen MR) is 148 cm³/mol. The summed E-state index contributed by atoms with van der Waals surface area (Å²) in [5.74, 6) is 1.65. The van der Waals surface area contributed by atoms with Gasteiger partial charge in [-0.05, 0) is 59.5 Å². The smallest absolute Gasteiger partial charge is 0.323 e. The van der Waals surface area contributed by atoms with Gasteiger partial charge in [0, 0.05) is 17.0 Å². The summed E-state index contributed by atoms with van der Waals surface area (Å²) in [6.07, 6.45) is 1.16. The number of carbonyl (C=O) groups excluding carboxylic acids is 1. The summed E-state index contributed by atoms with van der Waals surface area (Å²) in [6, 6.07) is 22.7. The minimum absolute atomic E-state index is 0.0870. The van der Waals surface area contributed by atoms with E-state index in [-0.39, 0.29) is 10.3 Å². The second-order valence-electron chi connectivity index (χ2n) is 9.75. The van der Waals surface area contributed by atoms with E-state index >= 15 is 0 Å². The molecule has 4 aromatic rings. The van der Waals surface area contributed by atoms with Gasteiger partial charge < -0.3 is 20.1 Å². The van der Waals surface area contributed by atoms with Gasteiger partial charge in [-0.25, -0.2) is 13.2 Å². The third-order valence-electron chi connectivity index (χ3n) is 5.93. The maximum Gasteiger partial charge on any atom is 0.323 e. The topological polar surface area (TPSA) is 93.7 Å². The van der Waals surface area contributed by atoms with E-state index in [0.29, 0.717) is 28.6 Å². The van der Waals surface area contributed by atoms with Gasteiger partial charge in [0.15, 0.2) is 9.84 Å². The van der Waals surface area contributed by atoms with Crippen LogP contribution in [0.1, 0.15) is 26.3 Å². The summed E-state index contributed by atoms with van der Waals surface area (Å²) in [5.41, 5.74) is 2.17. The van der Waals surface area contributed by atoms with Crippen LogP contribution in [0.15, 0.2) is 83.8 Å². The first-order valence-electron chi connectivity index (χ1n) is 11.7. The van der Waals surface area contributed by atoms with Gasteiger partial charge in [-0.15, -0.1) is 0 Å². The molecule has 0 aliphatic rings. The molecule has 0 heterocycles. The lowest BCUT2D eigenvalue weighted by atomic mass is 9.87. The molecule has 0 saturated heterocycles. The number of ether oxygens (including phenoxy) is 2. The molecule has 0 spiro atoms. The van der Waals surface area contributed by atoms with Crippen LogP contribution in [0.5, 0.6) is 17.2 Å². The van der Waals surface area contributed by atoms with Gasteiger partial charge in [0.1, 0.15) is 17.2 Å². The van der Waals surface area contributed by atoms with Crippen LogP contribution < -0.4 is 20.1 Å². The molecule has 0 unspecified atom stereocenters. The lowest BCUT2D eigenvalue weighted by Crippen LogP contribution is -2.21. The van der Waals surface area contributed by atoms with Crippen molar-refractivity contribution in [1.82, 2.24) is 0 Å². The van der Waals surface area contributed by atoms with E-state index in [0.717, 1.165) is 22.6 Å². The molecule has 8 heteroatoms. The number of nitrogens with one attached hydrogen (secondary N) is 2. The van der Waals surface area contributed by atoms with Gasteiger partial charge in [-0.1, -0.05) is 51.1 Å². The van der Waals surface area contributed by atoms with E-state index in [1.807, 2.05) is 42.5 Å². The summed E-state index contributed by atoms with van der Waals surface area (Å²) in [6.45, 7) is 6.32. The van der Waals surface area contributed by atoms with Gasteiger partial charge in [-0.2, -0.15) is 0 Å². The number of hydrogen-bond donors (Lipinski definition) is 2. The molecule has 2 N–H and O–H groups in total. The normalized spacial score (nSPS) is 11.7. The van der Waals surface area contributed by atoms with E-state index in [9.17, 15) is 13.2 Å². The van der Waals surface area contributed by atoms with Crippen molar-refractivity contribution >= 4 is 38.0 Å². The fourth-order valence-corrected chi connectivity index (χ4v) is 4.53. The number of fused-ring (bicyclic) bond motifs is 1. The van der Waals surface area contributed by atoms with Crippen LogP contribution >= 0.6 is 0 Å². The van der Waals surface area contributed by atoms with Gasteiger partial charge in [0.25, 0.3) is 0 Å². The standard InChI is InChI=1S/C29H30N2O5S/c1-29(2,3)19-10-16-27(35-4)25(18-19)31-28(32)30-24-15-17-26(23-9-7-6-8-22(23)24)36-20-11-13-21(14-12-20)37(5,33)34/h6-18H,1-5H3,(H2,30,31,32). The number of sulfone groups is 1. The molecule has 4 rings (SSSR count). The number of methoxy groups -OCH3 is 1. The minimum Gasteiger partial charge on any atom is -0.495 e. The quantitative estimate of drug-likeness (QED) is 0.287. The Bertz CT molecular complexity index is 1560. The largest absolute Gasteiger partial charge is 0.495 e. The maximum atomic E-state index is 13.0. The third kappa shape index (κ3) is 6.03. The number of rotatable bonds is 6. The fourth-order valence-electron chi connectivity index (χ4n) is 3.90. The number of benzene rings is 4. The Morgan fingerprint density at radius 3 is 2.03 bits per heavy atom. The highest BCUT2D eigenvalue weighted by Crippen LogP contribution is 2.35. The molecule has 2 amide bonds. The van der Waals surface area contributed by atoms with Crippen LogP contribution in [0.3, 0.4) is 0 Å². The first kappa shape index (κ1) is 26.0. The highest BCUT2D eigenvalue weighted by molar-refractivity contribution is 7.90. The Labute approximate surface area is 217 Å². The minimum atomic E-state index is -3.29. The zero-order valence-corrected chi connectivity index (χ0v) is 22.3. The summed E-state index contributed by atoms with van der Waals surface area (Å²) in [7, 11) is -1.73. The molecule has 4 aromatic carbocycles. The zero-order chi connectivity index (χ0) is 26.8. The van der Waals surface area contributed by atoms with E-state index < -0.39 is 15.9 Å². The van der Waals surface area contributed by atoms with Crippen molar-refractivity contribution in [3.8, 4) is 17.2 Å². The van der Waals surface area contributed by atoms with Crippen molar-refractivity contribution in [2.24, 2.45) is 0 Å². The molecular formula is C29H30N2O5S. The lowest BCUT2D eigenvalue weighted by molar-refractivity contribution is 0.262. The Kier molecular flexibility index (Phi) is 7.14. The van der Waals surface area contributed by atoms with E-state index in [4.69, 9.17) is 9.47 Å². The first-order valence-corrected chi connectivity index (χ1v) is 13.6. The van der Waals surface area contributed by atoms with Crippen LogP contribution in [-0.4, -0.2) is 27.8 Å². The average Bonchev–Trinajstić information content (AvgIpc) is 2.84. The Morgan fingerprint density at radius 2 is 1.41 bits per heavy atom. The maximum absolute atomic E-state index is 13.0. The van der Waals surface area contributed by atoms with E-state index in [2.05, 4.69) is 31.4 Å². The van der Waals surface area contributed by atoms with Gasteiger partial charge >= 0.3 is 6.03 Å². The molecule has 0 aliphatic carbocycles. The number of amides is 2. The summed E-state index contributed by atoms with van der Waals surface area (Å²) < 4.78 is 34.9. The fraction of sp³-hybridized carbons (Fsp3) is 0.207. The highest BCUT2D eigenvalue weighted by atomic mass is 32.2. The van der Waals surface area contributed by atoms with Crippen molar-refractivity contribution in [3.05, 3.63) is 84.4 Å². The molecule has 0 atom stereocenters. The molecule has 7 nitrogen and oxygen atoms in total. The van der Waals surface area contributed by atoms with Crippen LogP contribution in [0.4, 0.5) is 16.2 Å². The third-order valence-corrected chi connectivity index (χ3v) is 7.05. The summed E-state index contributed by atoms with van der Waals surface area (Å²) in [4.78, 5) is 13.2. The molecule has 0 radical (unpaired) electrons. The van der Waals surface area contributed by atoms with Gasteiger partial charge in [-0.3, -0.25) is 0 Å². The molecule has 0 bridgehead atoms. The van der Waals surface area contributed by atoms with E-state index in [1.165, 1.54) is 12.1 Å². The predicted octanol–water partition coefficient (Wildman–Crippen LogP) is 6.99. The summed E-state index contributed by atoms with van der Waals surface area (Å²) >= 11 is 0. The molecule has 0 saturated carbocycles. The number of urea groups is 1. The molecule has 0 aromatic heterocycles. The van der Waals surface area contributed by atoms with Crippen LogP contribution in [0.2, 0.25) is 0 Å².